The van der Waals surface area contributed by atoms with Crippen LogP contribution in [0.3, 0.4) is 0 Å². The number of nitrogens with one attached hydrogen (secondary N) is 1. The zero-order valence-corrected chi connectivity index (χ0v) is 12.8. The van der Waals surface area contributed by atoms with E-state index >= 15 is 0 Å². The fraction of sp³-hybridized carbons (Fsp3) is 1.00. The Morgan fingerprint density at radius 1 is 0.944 bits per heavy atom. The molecule has 0 aromatic carbocycles. The molecular weight excluding hydrogens is 244 g/mol. The highest BCUT2D eigenvalue weighted by atomic mass is 35.5. The van der Waals surface area contributed by atoms with E-state index < -0.39 is 0 Å². The lowest BCUT2D eigenvalue weighted by molar-refractivity contribution is 0.216. The van der Waals surface area contributed by atoms with E-state index in [0.717, 1.165) is 11.8 Å². The van der Waals surface area contributed by atoms with Crippen LogP contribution in [0.15, 0.2) is 0 Å². The van der Waals surface area contributed by atoms with Crippen molar-refractivity contribution in [3.05, 3.63) is 0 Å². The van der Waals surface area contributed by atoms with Gasteiger partial charge in [0.15, 0.2) is 0 Å². The summed E-state index contributed by atoms with van der Waals surface area (Å²) in [7, 11) is 2.32. The number of hydrogen-bond acceptors (Lipinski definition) is 2. The van der Waals surface area contributed by atoms with E-state index in [4.69, 9.17) is 0 Å². The number of piperidine rings is 1. The standard InChI is InChI=1S/C15H30N2.ClH/c1-17(13-15-7-10-16-11-8-15)12-9-14-5-3-2-4-6-14;/h14-16H,2-13H2,1H3;1H. The van der Waals surface area contributed by atoms with Crippen LogP contribution in [0.4, 0.5) is 0 Å². The summed E-state index contributed by atoms with van der Waals surface area (Å²) < 4.78 is 0. The molecule has 2 rings (SSSR count). The third-order valence-electron chi connectivity index (χ3n) is 4.67. The average Bonchev–Trinajstić information content (AvgIpc) is 2.39. The summed E-state index contributed by atoms with van der Waals surface area (Å²) in [5, 5.41) is 3.45. The molecule has 1 N–H and O–H groups in total. The quantitative estimate of drug-likeness (QED) is 0.828. The van der Waals surface area contributed by atoms with E-state index in [1.807, 2.05) is 0 Å². The van der Waals surface area contributed by atoms with Crippen molar-refractivity contribution >= 4 is 12.4 Å². The molecule has 2 nitrogen and oxygen atoms in total. The lowest BCUT2D eigenvalue weighted by Crippen LogP contribution is -2.35. The van der Waals surface area contributed by atoms with Crippen LogP contribution in [0.1, 0.15) is 51.4 Å². The molecule has 2 fully saturated rings. The normalized spacial score (nSPS) is 23.0. The van der Waals surface area contributed by atoms with Crippen LogP contribution in [0.25, 0.3) is 0 Å². The Morgan fingerprint density at radius 2 is 1.61 bits per heavy atom. The first-order valence-electron chi connectivity index (χ1n) is 7.74. The van der Waals surface area contributed by atoms with Crippen LogP contribution < -0.4 is 5.32 Å². The zero-order chi connectivity index (χ0) is 11.9. The van der Waals surface area contributed by atoms with Crippen molar-refractivity contribution in [2.75, 3.05) is 33.2 Å². The van der Waals surface area contributed by atoms with Crippen molar-refractivity contribution in [2.45, 2.75) is 51.4 Å². The third-order valence-corrected chi connectivity index (χ3v) is 4.67. The van der Waals surface area contributed by atoms with Crippen LogP contribution in [0.2, 0.25) is 0 Å². The smallest absolute Gasteiger partial charge is 0.000756 e. The van der Waals surface area contributed by atoms with Crippen LogP contribution in [-0.2, 0) is 0 Å². The highest BCUT2D eigenvalue weighted by Gasteiger charge is 2.17. The Hall–Kier alpha value is 0.210. The molecule has 0 radical (unpaired) electrons. The van der Waals surface area contributed by atoms with Gasteiger partial charge in [-0.1, -0.05) is 32.1 Å². The Balaban J connectivity index is 0.00000162. The van der Waals surface area contributed by atoms with Gasteiger partial charge >= 0.3 is 0 Å². The molecule has 0 amide bonds. The minimum absolute atomic E-state index is 0. The Labute approximate surface area is 119 Å². The maximum absolute atomic E-state index is 3.45. The third kappa shape index (κ3) is 5.90. The van der Waals surface area contributed by atoms with Crippen molar-refractivity contribution in [3.63, 3.8) is 0 Å². The first-order valence-corrected chi connectivity index (χ1v) is 7.74. The average molecular weight is 275 g/mol. The van der Waals surface area contributed by atoms with Gasteiger partial charge in [0.1, 0.15) is 0 Å². The Morgan fingerprint density at radius 3 is 2.28 bits per heavy atom. The lowest BCUT2D eigenvalue weighted by atomic mass is 9.87. The molecule has 1 saturated heterocycles. The molecule has 1 saturated carbocycles. The molecule has 1 aliphatic carbocycles. The first kappa shape index (κ1) is 16.3. The molecule has 0 aromatic heterocycles. The summed E-state index contributed by atoms with van der Waals surface area (Å²) in [6.45, 7) is 5.13. The fourth-order valence-electron chi connectivity index (χ4n) is 3.48. The number of nitrogens with zero attached hydrogens (tertiary/aromatic N) is 1. The summed E-state index contributed by atoms with van der Waals surface area (Å²) in [6.07, 6.45) is 11.7. The van der Waals surface area contributed by atoms with Gasteiger partial charge in [-0.2, -0.15) is 0 Å². The number of rotatable bonds is 5. The summed E-state index contributed by atoms with van der Waals surface area (Å²) in [5.41, 5.74) is 0. The first-order chi connectivity index (χ1) is 8.34. The molecule has 2 aliphatic rings. The SMILES string of the molecule is CN(CCC1CCCCC1)CC1CCNCC1.Cl. The maximum atomic E-state index is 3.45. The molecule has 0 aromatic rings. The van der Waals surface area contributed by atoms with Gasteiger partial charge in [-0.3, -0.25) is 0 Å². The predicted molar refractivity (Wildman–Crippen MR) is 81.5 cm³/mol. The van der Waals surface area contributed by atoms with E-state index in [-0.39, 0.29) is 12.4 Å². The van der Waals surface area contributed by atoms with Gasteiger partial charge in [0.25, 0.3) is 0 Å². The monoisotopic (exact) mass is 274 g/mol. The number of hydrogen-bond donors (Lipinski definition) is 1. The molecule has 108 valence electrons. The minimum atomic E-state index is 0. The van der Waals surface area contributed by atoms with Crippen LogP contribution >= 0.6 is 12.4 Å². The van der Waals surface area contributed by atoms with Crippen LogP contribution in [0, 0.1) is 11.8 Å². The molecule has 3 heteroatoms. The van der Waals surface area contributed by atoms with E-state index in [9.17, 15) is 0 Å². The van der Waals surface area contributed by atoms with Gasteiger partial charge in [0.05, 0.1) is 0 Å². The van der Waals surface area contributed by atoms with Gasteiger partial charge in [-0.05, 0) is 57.8 Å². The molecule has 0 atom stereocenters. The van der Waals surface area contributed by atoms with E-state index in [1.54, 1.807) is 0 Å². The number of halogens is 1. The van der Waals surface area contributed by atoms with Crippen molar-refractivity contribution < 1.29 is 0 Å². The maximum Gasteiger partial charge on any atom is 0.000756 e. The lowest BCUT2D eigenvalue weighted by Gasteiger charge is -2.29. The van der Waals surface area contributed by atoms with E-state index in [0.29, 0.717) is 0 Å². The molecule has 1 heterocycles. The molecule has 0 spiro atoms. The summed E-state index contributed by atoms with van der Waals surface area (Å²) in [4.78, 5) is 2.59. The molecule has 0 bridgehead atoms. The summed E-state index contributed by atoms with van der Waals surface area (Å²) >= 11 is 0. The van der Waals surface area contributed by atoms with Crippen molar-refractivity contribution in [1.29, 1.82) is 0 Å². The van der Waals surface area contributed by atoms with E-state index in [1.165, 1.54) is 77.5 Å². The zero-order valence-electron chi connectivity index (χ0n) is 12.0. The largest absolute Gasteiger partial charge is 0.317 e. The second-order valence-corrected chi connectivity index (χ2v) is 6.25. The van der Waals surface area contributed by atoms with Crippen molar-refractivity contribution in [1.82, 2.24) is 10.2 Å². The molecule has 18 heavy (non-hydrogen) atoms. The van der Waals surface area contributed by atoms with Crippen molar-refractivity contribution in [3.8, 4) is 0 Å². The highest BCUT2D eigenvalue weighted by Crippen LogP contribution is 2.26. The molecule has 0 unspecified atom stereocenters. The van der Waals surface area contributed by atoms with Gasteiger partial charge in [-0.15, -0.1) is 12.4 Å². The second kappa shape index (κ2) is 9.17. The van der Waals surface area contributed by atoms with Gasteiger partial charge in [-0.25, -0.2) is 0 Å². The Kier molecular flexibility index (Phi) is 8.28. The van der Waals surface area contributed by atoms with Crippen LogP contribution in [-0.4, -0.2) is 38.1 Å². The predicted octanol–water partition coefficient (Wildman–Crippen LogP) is 3.31. The fourth-order valence-corrected chi connectivity index (χ4v) is 3.48. The molecule has 1 aliphatic heterocycles. The highest BCUT2D eigenvalue weighted by molar-refractivity contribution is 5.85. The minimum Gasteiger partial charge on any atom is -0.317 e. The van der Waals surface area contributed by atoms with Gasteiger partial charge in [0.2, 0.25) is 0 Å². The second-order valence-electron chi connectivity index (χ2n) is 6.25. The van der Waals surface area contributed by atoms with Crippen LogP contribution in [0.5, 0.6) is 0 Å². The topological polar surface area (TPSA) is 15.3 Å². The Bertz CT molecular complexity index is 199. The van der Waals surface area contributed by atoms with Gasteiger partial charge in [0, 0.05) is 6.54 Å². The molecular formula is C15H31ClN2. The van der Waals surface area contributed by atoms with Crippen molar-refractivity contribution in [2.24, 2.45) is 11.8 Å². The van der Waals surface area contributed by atoms with E-state index in [2.05, 4.69) is 17.3 Å². The summed E-state index contributed by atoms with van der Waals surface area (Å²) in [6, 6.07) is 0. The van der Waals surface area contributed by atoms with Gasteiger partial charge < -0.3 is 10.2 Å². The summed E-state index contributed by atoms with van der Waals surface area (Å²) in [5.74, 6) is 1.99.